The Bertz CT molecular complexity index is 448. The molecule has 4 heteroatoms. The van der Waals surface area contributed by atoms with E-state index in [0.29, 0.717) is 0 Å². The lowest BCUT2D eigenvalue weighted by molar-refractivity contribution is 0.0793. The zero-order valence-electron chi connectivity index (χ0n) is 11.3. The van der Waals surface area contributed by atoms with Gasteiger partial charge in [0.05, 0.1) is 5.56 Å². The summed E-state index contributed by atoms with van der Waals surface area (Å²) in [5.74, 6) is 1.05. The van der Waals surface area contributed by atoms with Crippen molar-refractivity contribution in [1.29, 1.82) is 0 Å². The molecule has 1 amide bonds. The fourth-order valence-corrected chi connectivity index (χ4v) is 3.01. The molecule has 0 saturated carbocycles. The molecule has 2 aliphatic heterocycles. The maximum atomic E-state index is 12.6. The zero-order valence-corrected chi connectivity index (χ0v) is 11.3. The van der Waals surface area contributed by atoms with E-state index in [2.05, 4.69) is 9.88 Å². The molecule has 0 radical (unpaired) electrons. The van der Waals surface area contributed by atoms with Crippen molar-refractivity contribution in [3.8, 4) is 0 Å². The van der Waals surface area contributed by atoms with Gasteiger partial charge >= 0.3 is 0 Å². The molecule has 2 saturated heterocycles. The number of anilines is 1. The highest BCUT2D eigenvalue weighted by molar-refractivity contribution is 5.99. The minimum absolute atomic E-state index is 0.158. The van der Waals surface area contributed by atoms with Crippen molar-refractivity contribution in [3.63, 3.8) is 0 Å². The van der Waals surface area contributed by atoms with E-state index >= 15 is 0 Å². The van der Waals surface area contributed by atoms with Crippen LogP contribution in [0.25, 0.3) is 0 Å². The van der Waals surface area contributed by atoms with E-state index in [1.807, 2.05) is 17.0 Å². The fourth-order valence-electron chi connectivity index (χ4n) is 3.01. The highest BCUT2D eigenvalue weighted by Gasteiger charge is 2.25. The Kier molecular flexibility index (Phi) is 3.67. The molecule has 2 fully saturated rings. The Morgan fingerprint density at radius 3 is 2.42 bits per heavy atom. The lowest BCUT2D eigenvalue weighted by Crippen LogP contribution is -2.34. The van der Waals surface area contributed by atoms with Gasteiger partial charge in [0.1, 0.15) is 5.82 Å². The van der Waals surface area contributed by atoms with Crippen molar-refractivity contribution in [1.82, 2.24) is 9.88 Å². The van der Waals surface area contributed by atoms with Crippen LogP contribution in [0.5, 0.6) is 0 Å². The topological polar surface area (TPSA) is 36.4 Å². The van der Waals surface area contributed by atoms with Gasteiger partial charge in [-0.2, -0.15) is 0 Å². The SMILES string of the molecule is O=C(c1cccnc1N1CCCCC1)N1CCCC1. The Morgan fingerprint density at radius 2 is 1.68 bits per heavy atom. The van der Waals surface area contributed by atoms with Crippen molar-refractivity contribution in [2.24, 2.45) is 0 Å². The van der Waals surface area contributed by atoms with Crippen LogP contribution in [-0.4, -0.2) is 42.0 Å². The van der Waals surface area contributed by atoms with Crippen LogP contribution in [0.3, 0.4) is 0 Å². The first-order valence-corrected chi connectivity index (χ1v) is 7.35. The summed E-state index contributed by atoms with van der Waals surface area (Å²) >= 11 is 0. The normalized spacial score (nSPS) is 19.8. The van der Waals surface area contributed by atoms with E-state index < -0.39 is 0 Å². The van der Waals surface area contributed by atoms with Crippen molar-refractivity contribution in [2.75, 3.05) is 31.1 Å². The Balaban J connectivity index is 1.85. The Labute approximate surface area is 114 Å². The second-order valence-electron chi connectivity index (χ2n) is 5.42. The summed E-state index contributed by atoms with van der Waals surface area (Å²) in [6.07, 6.45) is 7.75. The first-order valence-electron chi connectivity index (χ1n) is 7.35. The fraction of sp³-hybridized carbons (Fsp3) is 0.600. The maximum absolute atomic E-state index is 12.6. The van der Waals surface area contributed by atoms with Crippen LogP contribution in [0.15, 0.2) is 18.3 Å². The molecule has 102 valence electrons. The second kappa shape index (κ2) is 5.59. The molecule has 0 unspecified atom stereocenters. The first-order chi connectivity index (χ1) is 9.36. The van der Waals surface area contributed by atoms with E-state index in [9.17, 15) is 4.79 Å². The summed E-state index contributed by atoms with van der Waals surface area (Å²) in [6, 6.07) is 3.80. The van der Waals surface area contributed by atoms with Gasteiger partial charge in [0.15, 0.2) is 0 Å². The molecule has 0 bridgehead atoms. The van der Waals surface area contributed by atoms with Crippen LogP contribution in [0.4, 0.5) is 5.82 Å². The second-order valence-corrected chi connectivity index (χ2v) is 5.42. The molecule has 0 spiro atoms. The molecule has 4 nitrogen and oxygen atoms in total. The van der Waals surface area contributed by atoms with Crippen LogP contribution in [0.1, 0.15) is 42.5 Å². The first kappa shape index (κ1) is 12.5. The molecular weight excluding hydrogens is 238 g/mol. The van der Waals surface area contributed by atoms with E-state index in [1.165, 1.54) is 19.3 Å². The van der Waals surface area contributed by atoms with E-state index in [1.54, 1.807) is 6.20 Å². The molecule has 0 aliphatic carbocycles. The Morgan fingerprint density at radius 1 is 1.00 bits per heavy atom. The zero-order chi connectivity index (χ0) is 13.1. The predicted octanol–water partition coefficient (Wildman–Crippen LogP) is 2.31. The van der Waals surface area contributed by atoms with E-state index in [-0.39, 0.29) is 5.91 Å². The minimum atomic E-state index is 0.158. The average Bonchev–Trinajstić information content (AvgIpc) is 3.02. The summed E-state index contributed by atoms with van der Waals surface area (Å²) in [5.41, 5.74) is 0.784. The van der Waals surface area contributed by atoms with Gasteiger partial charge in [-0.15, -0.1) is 0 Å². The molecule has 19 heavy (non-hydrogen) atoms. The van der Waals surface area contributed by atoms with Crippen molar-refractivity contribution in [2.45, 2.75) is 32.1 Å². The molecule has 0 N–H and O–H groups in total. The Hall–Kier alpha value is -1.58. The van der Waals surface area contributed by atoms with Gasteiger partial charge in [0.25, 0.3) is 5.91 Å². The van der Waals surface area contributed by atoms with Crippen LogP contribution >= 0.6 is 0 Å². The molecule has 1 aromatic rings. The van der Waals surface area contributed by atoms with Crippen molar-refractivity contribution >= 4 is 11.7 Å². The quantitative estimate of drug-likeness (QED) is 0.817. The third-order valence-electron chi connectivity index (χ3n) is 4.07. The van der Waals surface area contributed by atoms with Gasteiger partial charge in [-0.25, -0.2) is 4.98 Å². The third kappa shape index (κ3) is 2.57. The smallest absolute Gasteiger partial charge is 0.257 e. The molecular formula is C15H21N3O. The predicted molar refractivity (Wildman–Crippen MR) is 75.4 cm³/mol. The van der Waals surface area contributed by atoms with Gasteiger partial charge in [-0.3, -0.25) is 4.79 Å². The van der Waals surface area contributed by atoms with Crippen LogP contribution in [0.2, 0.25) is 0 Å². The number of rotatable bonds is 2. The summed E-state index contributed by atoms with van der Waals surface area (Å²) in [7, 11) is 0. The largest absolute Gasteiger partial charge is 0.356 e. The highest BCUT2D eigenvalue weighted by Crippen LogP contribution is 2.24. The number of likely N-dealkylation sites (tertiary alicyclic amines) is 1. The summed E-state index contributed by atoms with van der Waals surface area (Å²) < 4.78 is 0. The summed E-state index contributed by atoms with van der Waals surface area (Å²) in [6.45, 7) is 3.84. The van der Waals surface area contributed by atoms with Gasteiger partial charge in [-0.1, -0.05) is 0 Å². The number of carbonyl (C=O) groups is 1. The van der Waals surface area contributed by atoms with Gasteiger partial charge in [0.2, 0.25) is 0 Å². The van der Waals surface area contributed by atoms with Crippen LogP contribution in [-0.2, 0) is 0 Å². The van der Waals surface area contributed by atoms with Gasteiger partial charge in [0, 0.05) is 32.4 Å². The van der Waals surface area contributed by atoms with Crippen molar-refractivity contribution in [3.05, 3.63) is 23.9 Å². The number of amides is 1. The summed E-state index contributed by atoms with van der Waals surface area (Å²) in [4.78, 5) is 21.3. The van der Waals surface area contributed by atoms with Crippen LogP contribution < -0.4 is 4.90 Å². The third-order valence-corrected chi connectivity index (χ3v) is 4.07. The van der Waals surface area contributed by atoms with Gasteiger partial charge < -0.3 is 9.80 Å². The number of aromatic nitrogens is 1. The number of piperidine rings is 1. The average molecular weight is 259 g/mol. The molecule has 1 aromatic heterocycles. The van der Waals surface area contributed by atoms with Crippen LogP contribution in [0, 0.1) is 0 Å². The minimum Gasteiger partial charge on any atom is -0.356 e. The molecule has 3 heterocycles. The molecule has 2 aliphatic rings. The van der Waals surface area contributed by atoms with Gasteiger partial charge in [-0.05, 0) is 44.2 Å². The number of hydrogen-bond acceptors (Lipinski definition) is 3. The van der Waals surface area contributed by atoms with Crippen molar-refractivity contribution < 1.29 is 4.79 Å². The molecule has 3 rings (SSSR count). The van der Waals surface area contributed by atoms with E-state index in [4.69, 9.17) is 0 Å². The maximum Gasteiger partial charge on any atom is 0.257 e. The summed E-state index contributed by atoms with van der Waals surface area (Å²) in [5, 5.41) is 0. The lowest BCUT2D eigenvalue weighted by Gasteiger charge is -2.29. The number of carbonyl (C=O) groups excluding carboxylic acids is 1. The molecule has 0 atom stereocenters. The molecule has 0 aromatic carbocycles. The number of pyridine rings is 1. The monoisotopic (exact) mass is 259 g/mol. The number of hydrogen-bond donors (Lipinski definition) is 0. The number of nitrogens with zero attached hydrogens (tertiary/aromatic N) is 3. The van der Waals surface area contributed by atoms with E-state index in [0.717, 1.165) is 50.4 Å². The standard InChI is InChI=1S/C15H21N3O/c19-15(18-11-4-5-12-18)13-7-6-8-16-14(13)17-9-2-1-3-10-17/h6-8H,1-5,9-12H2. The highest BCUT2D eigenvalue weighted by atomic mass is 16.2. The lowest BCUT2D eigenvalue weighted by atomic mass is 10.1.